The highest BCUT2D eigenvalue weighted by Crippen LogP contribution is 2.27. The van der Waals surface area contributed by atoms with Gasteiger partial charge in [0.05, 0.1) is 12.3 Å². The van der Waals surface area contributed by atoms with Crippen LogP contribution in [0.5, 0.6) is 17.5 Å². The maximum atomic E-state index is 5.76. The van der Waals surface area contributed by atoms with E-state index < -0.39 is 0 Å². The van der Waals surface area contributed by atoms with Gasteiger partial charge in [0.2, 0.25) is 11.8 Å². The van der Waals surface area contributed by atoms with Crippen LogP contribution in [0, 0.1) is 6.92 Å². The van der Waals surface area contributed by atoms with Gasteiger partial charge in [-0.2, -0.15) is 4.98 Å². The van der Waals surface area contributed by atoms with E-state index in [2.05, 4.69) is 4.98 Å². The summed E-state index contributed by atoms with van der Waals surface area (Å²) in [5.74, 6) is 1.66. The fourth-order valence-electron chi connectivity index (χ4n) is 1.53. The number of anilines is 1. The molecular weight excluding hydrogens is 228 g/mol. The van der Waals surface area contributed by atoms with Crippen LogP contribution in [0.15, 0.2) is 36.4 Å². The second kappa shape index (κ2) is 5.40. The van der Waals surface area contributed by atoms with Gasteiger partial charge in [-0.25, -0.2) is 0 Å². The Hall–Kier alpha value is -2.23. The zero-order valence-electron chi connectivity index (χ0n) is 10.5. The van der Waals surface area contributed by atoms with Gasteiger partial charge in [0.15, 0.2) is 0 Å². The minimum Gasteiger partial charge on any atom is -0.476 e. The van der Waals surface area contributed by atoms with Crippen LogP contribution in [-0.2, 0) is 0 Å². The Bertz CT molecular complexity index is 541. The van der Waals surface area contributed by atoms with Crippen molar-refractivity contribution in [3.63, 3.8) is 0 Å². The number of rotatable bonds is 4. The molecule has 1 heterocycles. The summed E-state index contributed by atoms with van der Waals surface area (Å²) in [4.78, 5) is 4.23. The van der Waals surface area contributed by atoms with Gasteiger partial charge in [0.1, 0.15) is 5.75 Å². The second-order valence-electron chi connectivity index (χ2n) is 3.84. The lowest BCUT2D eigenvalue weighted by molar-refractivity contribution is 0.323. The molecule has 4 heteroatoms. The van der Waals surface area contributed by atoms with Crippen LogP contribution in [0.4, 0.5) is 5.69 Å². The number of pyridine rings is 1. The number of aryl methyl sites for hydroxylation is 1. The molecule has 0 unspecified atom stereocenters. The third kappa shape index (κ3) is 2.71. The molecule has 0 saturated heterocycles. The Kier molecular flexibility index (Phi) is 3.67. The van der Waals surface area contributed by atoms with E-state index in [1.54, 1.807) is 12.1 Å². The summed E-state index contributed by atoms with van der Waals surface area (Å²) < 4.78 is 11.0. The predicted molar refractivity (Wildman–Crippen MR) is 71.1 cm³/mol. The fraction of sp³-hybridized carbons (Fsp3) is 0.214. The molecule has 4 nitrogen and oxygen atoms in total. The Morgan fingerprint density at radius 1 is 1.17 bits per heavy atom. The van der Waals surface area contributed by atoms with Crippen LogP contribution >= 0.6 is 0 Å². The van der Waals surface area contributed by atoms with Gasteiger partial charge in [-0.3, -0.25) is 0 Å². The van der Waals surface area contributed by atoms with Gasteiger partial charge >= 0.3 is 0 Å². The van der Waals surface area contributed by atoms with Crippen molar-refractivity contribution in [3.05, 3.63) is 42.0 Å². The SMILES string of the molecule is CCOc1nc(Oc2ccccc2C)ccc1N. The molecule has 0 spiro atoms. The zero-order chi connectivity index (χ0) is 13.0. The first-order valence-electron chi connectivity index (χ1n) is 5.83. The standard InChI is InChI=1S/C14H16N2O2/c1-3-17-14-11(15)8-9-13(16-14)18-12-7-5-4-6-10(12)2/h4-9H,3,15H2,1-2H3. The molecule has 1 aromatic heterocycles. The summed E-state index contributed by atoms with van der Waals surface area (Å²) in [7, 11) is 0. The molecule has 0 atom stereocenters. The number of nitrogens with two attached hydrogens (primary N) is 1. The van der Waals surface area contributed by atoms with Gasteiger partial charge in [-0.05, 0) is 31.5 Å². The highest BCUT2D eigenvalue weighted by Gasteiger charge is 2.06. The monoisotopic (exact) mass is 244 g/mol. The second-order valence-corrected chi connectivity index (χ2v) is 3.84. The molecule has 2 N–H and O–H groups in total. The van der Waals surface area contributed by atoms with Crippen molar-refractivity contribution in [2.45, 2.75) is 13.8 Å². The number of aromatic nitrogens is 1. The highest BCUT2D eigenvalue weighted by molar-refractivity contribution is 5.50. The molecular formula is C14H16N2O2. The Labute approximate surface area is 106 Å². The molecule has 0 radical (unpaired) electrons. The zero-order valence-corrected chi connectivity index (χ0v) is 10.5. The van der Waals surface area contributed by atoms with E-state index in [1.165, 1.54) is 0 Å². The van der Waals surface area contributed by atoms with Crippen LogP contribution in [-0.4, -0.2) is 11.6 Å². The normalized spacial score (nSPS) is 10.1. The lowest BCUT2D eigenvalue weighted by Gasteiger charge is -2.10. The number of para-hydroxylation sites is 1. The van der Waals surface area contributed by atoms with Gasteiger partial charge in [0, 0.05) is 6.07 Å². The predicted octanol–water partition coefficient (Wildman–Crippen LogP) is 3.16. The summed E-state index contributed by atoms with van der Waals surface area (Å²) in [6, 6.07) is 11.2. The van der Waals surface area contributed by atoms with Crippen LogP contribution in [0.2, 0.25) is 0 Å². The van der Waals surface area contributed by atoms with Crippen molar-refractivity contribution in [3.8, 4) is 17.5 Å². The average Bonchev–Trinajstić information content (AvgIpc) is 2.36. The van der Waals surface area contributed by atoms with Gasteiger partial charge < -0.3 is 15.2 Å². The van der Waals surface area contributed by atoms with Gasteiger partial charge in [0.25, 0.3) is 0 Å². The van der Waals surface area contributed by atoms with Crippen LogP contribution < -0.4 is 15.2 Å². The lowest BCUT2D eigenvalue weighted by atomic mass is 10.2. The van der Waals surface area contributed by atoms with E-state index in [1.807, 2.05) is 38.1 Å². The molecule has 0 aliphatic carbocycles. The van der Waals surface area contributed by atoms with Crippen molar-refractivity contribution >= 4 is 5.69 Å². The summed E-state index contributed by atoms with van der Waals surface area (Å²) in [6.45, 7) is 4.39. The van der Waals surface area contributed by atoms with E-state index in [4.69, 9.17) is 15.2 Å². The Morgan fingerprint density at radius 2 is 1.94 bits per heavy atom. The first-order chi connectivity index (χ1) is 8.70. The maximum Gasteiger partial charge on any atom is 0.240 e. The topological polar surface area (TPSA) is 57.4 Å². The number of benzene rings is 1. The molecule has 2 aromatic rings. The minimum atomic E-state index is 0.406. The molecule has 0 fully saturated rings. The van der Waals surface area contributed by atoms with Crippen LogP contribution in [0.25, 0.3) is 0 Å². The van der Waals surface area contributed by atoms with Crippen molar-refractivity contribution in [1.82, 2.24) is 4.98 Å². The van der Waals surface area contributed by atoms with E-state index >= 15 is 0 Å². The average molecular weight is 244 g/mol. The van der Waals surface area contributed by atoms with Crippen LogP contribution in [0.3, 0.4) is 0 Å². The number of nitrogen functional groups attached to an aromatic ring is 1. The third-order valence-corrected chi connectivity index (χ3v) is 2.45. The number of hydrogen-bond donors (Lipinski definition) is 1. The largest absolute Gasteiger partial charge is 0.476 e. The quantitative estimate of drug-likeness (QED) is 0.897. The molecule has 2 rings (SSSR count). The first-order valence-corrected chi connectivity index (χ1v) is 5.83. The van der Waals surface area contributed by atoms with Gasteiger partial charge in [-0.1, -0.05) is 18.2 Å². The van der Waals surface area contributed by atoms with Crippen LogP contribution in [0.1, 0.15) is 12.5 Å². The van der Waals surface area contributed by atoms with Crippen molar-refractivity contribution in [2.24, 2.45) is 0 Å². The minimum absolute atomic E-state index is 0.406. The fourth-order valence-corrected chi connectivity index (χ4v) is 1.53. The summed E-state index contributed by atoms with van der Waals surface area (Å²) >= 11 is 0. The molecule has 0 amide bonds. The molecule has 18 heavy (non-hydrogen) atoms. The summed E-state index contributed by atoms with van der Waals surface area (Å²) in [6.07, 6.45) is 0. The van der Waals surface area contributed by atoms with E-state index in [-0.39, 0.29) is 0 Å². The molecule has 1 aromatic carbocycles. The molecule has 94 valence electrons. The van der Waals surface area contributed by atoms with E-state index in [0.29, 0.717) is 24.1 Å². The summed E-state index contributed by atoms with van der Waals surface area (Å²) in [5, 5.41) is 0. The molecule has 0 bridgehead atoms. The Balaban J connectivity index is 2.24. The van der Waals surface area contributed by atoms with Crippen molar-refractivity contribution in [1.29, 1.82) is 0 Å². The molecule has 0 saturated carbocycles. The smallest absolute Gasteiger partial charge is 0.240 e. The first kappa shape index (κ1) is 12.2. The summed E-state index contributed by atoms with van der Waals surface area (Å²) in [5.41, 5.74) is 7.31. The lowest BCUT2D eigenvalue weighted by Crippen LogP contribution is -2.00. The van der Waals surface area contributed by atoms with Gasteiger partial charge in [-0.15, -0.1) is 0 Å². The Morgan fingerprint density at radius 3 is 2.67 bits per heavy atom. The van der Waals surface area contributed by atoms with E-state index in [9.17, 15) is 0 Å². The number of ether oxygens (including phenoxy) is 2. The van der Waals surface area contributed by atoms with E-state index in [0.717, 1.165) is 11.3 Å². The maximum absolute atomic E-state index is 5.76. The molecule has 0 aliphatic rings. The van der Waals surface area contributed by atoms with Crippen molar-refractivity contribution < 1.29 is 9.47 Å². The molecule has 0 aliphatic heterocycles. The third-order valence-electron chi connectivity index (χ3n) is 2.45. The highest BCUT2D eigenvalue weighted by atomic mass is 16.5. The number of nitrogens with zero attached hydrogens (tertiary/aromatic N) is 1. The van der Waals surface area contributed by atoms with Crippen molar-refractivity contribution in [2.75, 3.05) is 12.3 Å². The number of hydrogen-bond acceptors (Lipinski definition) is 4.